The predicted molar refractivity (Wildman–Crippen MR) is 69.9 cm³/mol. The van der Waals surface area contributed by atoms with Crippen molar-refractivity contribution in [2.75, 3.05) is 13.1 Å². The Bertz CT molecular complexity index is 401. The fraction of sp³-hybridized carbons (Fsp3) is 0.692. The summed E-state index contributed by atoms with van der Waals surface area (Å²) >= 11 is 0. The van der Waals surface area contributed by atoms with Crippen LogP contribution in [0.5, 0.6) is 0 Å². The first-order chi connectivity index (χ1) is 8.76. The molecule has 0 aromatic carbocycles. The summed E-state index contributed by atoms with van der Waals surface area (Å²) in [7, 11) is 0. The van der Waals surface area contributed by atoms with Crippen molar-refractivity contribution in [2.45, 2.75) is 45.8 Å². The summed E-state index contributed by atoms with van der Waals surface area (Å²) in [4.78, 5) is 13.8. The number of aromatic nitrogens is 2. The highest BCUT2D eigenvalue weighted by molar-refractivity contribution is 5.80. The minimum Gasteiger partial charge on any atom is -0.334 e. The fourth-order valence-electron chi connectivity index (χ4n) is 2.44. The number of aryl methyl sites for hydroxylation is 1. The van der Waals surface area contributed by atoms with Gasteiger partial charge in [0.1, 0.15) is 6.17 Å². The lowest BCUT2D eigenvalue weighted by Gasteiger charge is -2.23. The summed E-state index contributed by atoms with van der Waals surface area (Å²) in [5.74, 6) is 0.111. The molecule has 2 rings (SSSR count). The van der Waals surface area contributed by atoms with Crippen LogP contribution in [-0.2, 0) is 11.3 Å². The van der Waals surface area contributed by atoms with E-state index in [4.69, 9.17) is 0 Å². The Labute approximate surface area is 108 Å². The molecule has 0 unspecified atom stereocenters. The number of carbonyl (C=O) groups excluding carboxylic acids is 1. The number of unbranched alkanes of at least 4 members (excludes halogenated alkanes) is 2. The van der Waals surface area contributed by atoms with E-state index in [1.165, 1.54) is 12.8 Å². The van der Waals surface area contributed by atoms with Gasteiger partial charge in [-0.15, -0.1) is 0 Å². The number of nitrogens with one attached hydrogen (secondary N) is 1. The SMILES string of the molecule is CCCCCN1CC(=O)N[C@H]1c1ccnn1CC. The van der Waals surface area contributed by atoms with Crippen molar-refractivity contribution in [1.82, 2.24) is 20.0 Å². The van der Waals surface area contributed by atoms with Gasteiger partial charge in [0.2, 0.25) is 5.91 Å². The van der Waals surface area contributed by atoms with Crippen LogP contribution in [0.15, 0.2) is 12.3 Å². The maximum absolute atomic E-state index is 11.6. The molecule has 1 aliphatic heterocycles. The van der Waals surface area contributed by atoms with Crippen molar-refractivity contribution in [1.29, 1.82) is 0 Å². The number of amides is 1. The summed E-state index contributed by atoms with van der Waals surface area (Å²) < 4.78 is 1.95. The molecule has 1 atom stereocenters. The van der Waals surface area contributed by atoms with E-state index >= 15 is 0 Å². The second-order valence-electron chi connectivity index (χ2n) is 4.72. The summed E-state index contributed by atoms with van der Waals surface area (Å²) in [6.45, 7) is 6.55. The maximum atomic E-state index is 11.6. The largest absolute Gasteiger partial charge is 0.334 e. The summed E-state index contributed by atoms with van der Waals surface area (Å²) in [6, 6.07) is 1.99. The van der Waals surface area contributed by atoms with Gasteiger partial charge in [0, 0.05) is 19.3 Å². The predicted octanol–water partition coefficient (Wildman–Crippen LogP) is 1.52. The zero-order valence-corrected chi connectivity index (χ0v) is 11.2. The molecule has 0 spiro atoms. The monoisotopic (exact) mass is 250 g/mol. The smallest absolute Gasteiger partial charge is 0.235 e. The quantitative estimate of drug-likeness (QED) is 0.779. The van der Waals surface area contributed by atoms with E-state index in [9.17, 15) is 4.79 Å². The van der Waals surface area contributed by atoms with Gasteiger partial charge in [-0.1, -0.05) is 19.8 Å². The van der Waals surface area contributed by atoms with E-state index in [-0.39, 0.29) is 12.1 Å². The molecule has 1 fully saturated rings. The highest BCUT2D eigenvalue weighted by Gasteiger charge is 2.32. The van der Waals surface area contributed by atoms with Crippen molar-refractivity contribution in [2.24, 2.45) is 0 Å². The van der Waals surface area contributed by atoms with Crippen LogP contribution in [0.25, 0.3) is 0 Å². The molecule has 0 radical (unpaired) electrons. The average molecular weight is 250 g/mol. The van der Waals surface area contributed by atoms with Gasteiger partial charge in [-0.25, -0.2) is 0 Å². The van der Waals surface area contributed by atoms with Gasteiger partial charge in [-0.3, -0.25) is 14.4 Å². The standard InChI is InChI=1S/C13H22N4O/c1-3-5-6-9-16-10-12(18)15-13(16)11-7-8-14-17(11)4-2/h7-8,13H,3-6,9-10H2,1-2H3,(H,15,18)/t13-/m1/s1. The molecule has 5 nitrogen and oxygen atoms in total. The number of rotatable bonds is 6. The van der Waals surface area contributed by atoms with Crippen LogP contribution in [0.3, 0.4) is 0 Å². The molecule has 100 valence electrons. The first kappa shape index (κ1) is 13.1. The van der Waals surface area contributed by atoms with Crippen LogP contribution < -0.4 is 5.32 Å². The summed E-state index contributed by atoms with van der Waals surface area (Å²) in [5, 5.41) is 7.31. The minimum atomic E-state index is -0.00296. The van der Waals surface area contributed by atoms with Gasteiger partial charge >= 0.3 is 0 Å². The van der Waals surface area contributed by atoms with Crippen molar-refractivity contribution >= 4 is 5.91 Å². The van der Waals surface area contributed by atoms with E-state index in [0.29, 0.717) is 6.54 Å². The third-order valence-corrected chi connectivity index (χ3v) is 3.39. The number of nitrogens with zero attached hydrogens (tertiary/aromatic N) is 3. The molecule has 18 heavy (non-hydrogen) atoms. The lowest BCUT2D eigenvalue weighted by molar-refractivity contribution is -0.118. The van der Waals surface area contributed by atoms with Gasteiger partial charge in [0.25, 0.3) is 0 Å². The molecule has 1 amide bonds. The van der Waals surface area contributed by atoms with Gasteiger partial charge in [0.05, 0.1) is 12.2 Å². The first-order valence-electron chi connectivity index (χ1n) is 6.81. The normalized spacial score (nSPS) is 20.3. The Morgan fingerprint density at radius 3 is 3.00 bits per heavy atom. The topological polar surface area (TPSA) is 50.2 Å². The number of hydrogen-bond acceptors (Lipinski definition) is 3. The van der Waals surface area contributed by atoms with E-state index in [1.54, 1.807) is 6.20 Å². The van der Waals surface area contributed by atoms with E-state index in [2.05, 4.69) is 29.2 Å². The molecule has 0 bridgehead atoms. The molecule has 1 aromatic heterocycles. The molecule has 5 heteroatoms. The van der Waals surface area contributed by atoms with E-state index < -0.39 is 0 Å². The Morgan fingerprint density at radius 2 is 2.28 bits per heavy atom. The Hall–Kier alpha value is -1.36. The first-order valence-corrected chi connectivity index (χ1v) is 6.81. The molecule has 0 aliphatic carbocycles. The third kappa shape index (κ3) is 2.72. The van der Waals surface area contributed by atoms with Crippen molar-refractivity contribution in [3.05, 3.63) is 18.0 Å². The van der Waals surface area contributed by atoms with Crippen LogP contribution in [0.4, 0.5) is 0 Å². The summed E-state index contributed by atoms with van der Waals surface area (Å²) in [5.41, 5.74) is 1.08. The Kier molecular flexibility index (Phi) is 4.36. The average Bonchev–Trinajstić information content (AvgIpc) is 2.95. The molecule has 2 heterocycles. The molecule has 1 aliphatic rings. The molecule has 0 saturated carbocycles. The molecular weight excluding hydrogens is 228 g/mol. The van der Waals surface area contributed by atoms with Crippen molar-refractivity contribution in [3.63, 3.8) is 0 Å². The highest BCUT2D eigenvalue weighted by Crippen LogP contribution is 2.22. The van der Waals surface area contributed by atoms with E-state index in [1.807, 2.05) is 10.7 Å². The molecular formula is C13H22N4O. The van der Waals surface area contributed by atoms with Crippen LogP contribution in [0.2, 0.25) is 0 Å². The van der Waals surface area contributed by atoms with Crippen LogP contribution in [0, 0.1) is 0 Å². The van der Waals surface area contributed by atoms with E-state index in [0.717, 1.165) is 25.2 Å². The van der Waals surface area contributed by atoms with Gasteiger partial charge < -0.3 is 5.32 Å². The zero-order chi connectivity index (χ0) is 13.0. The third-order valence-electron chi connectivity index (χ3n) is 3.39. The highest BCUT2D eigenvalue weighted by atomic mass is 16.2. The van der Waals surface area contributed by atoms with Crippen LogP contribution in [-0.4, -0.2) is 33.7 Å². The maximum Gasteiger partial charge on any atom is 0.235 e. The van der Waals surface area contributed by atoms with Crippen LogP contribution in [0.1, 0.15) is 45.0 Å². The second kappa shape index (κ2) is 6.00. The Morgan fingerprint density at radius 1 is 1.44 bits per heavy atom. The van der Waals surface area contributed by atoms with Crippen LogP contribution >= 0.6 is 0 Å². The Balaban J connectivity index is 2.07. The van der Waals surface area contributed by atoms with Gasteiger partial charge in [-0.05, 0) is 19.4 Å². The molecule has 1 aromatic rings. The lowest BCUT2D eigenvalue weighted by Crippen LogP contribution is -2.30. The second-order valence-corrected chi connectivity index (χ2v) is 4.72. The lowest BCUT2D eigenvalue weighted by atomic mass is 10.2. The zero-order valence-electron chi connectivity index (χ0n) is 11.2. The number of hydrogen-bond donors (Lipinski definition) is 1. The number of carbonyl (C=O) groups is 1. The fourth-order valence-corrected chi connectivity index (χ4v) is 2.44. The minimum absolute atomic E-state index is 0.00296. The molecule has 1 saturated heterocycles. The van der Waals surface area contributed by atoms with Gasteiger partial charge in [-0.2, -0.15) is 5.10 Å². The van der Waals surface area contributed by atoms with Crippen molar-refractivity contribution in [3.8, 4) is 0 Å². The van der Waals surface area contributed by atoms with Crippen molar-refractivity contribution < 1.29 is 4.79 Å². The molecule has 1 N–H and O–H groups in total. The summed E-state index contributed by atoms with van der Waals surface area (Å²) in [6.07, 6.45) is 5.35. The van der Waals surface area contributed by atoms with Gasteiger partial charge in [0.15, 0.2) is 0 Å².